The van der Waals surface area contributed by atoms with Gasteiger partial charge in [0.25, 0.3) is 5.91 Å². The second-order valence-electron chi connectivity index (χ2n) is 14.7. The molecule has 0 unspecified atom stereocenters. The average molecular weight is 706 g/mol. The molecule has 3 N–H and O–H groups in total. The highest BCUT2D eigenvalue weighted by molar-refractivity contribution is 5.95. The van der Waals surface area contributed by atoms with Crippen LogP contribution in [-0.2, 0) is 0 Å². The Morgan fingerprint density at radius 1 is 0.771 bits per heavy atom. The van der Waals surface area contributed by atoms with Gasteiger partial charge < -0.3 is 35.0 Å². The van der Waals surface area contributed by atoms with Crippen molar-refractivity contribution in [2.24, 2.45) is 11.3 Å². The topological polar surface area (TPSA) is 103 Å². The number of nitrogens with one attached hydrogen (secondary N) is 2. The van der Waals surface area contributed by atoms with Gasteiger partial charge in [0.15, 0.2) is 0 Å². The molecule has 4 aliphatic rings. The van der Waals surface area contributed by atoms with Gasteiger partial charge in [0.1, 0.15) is 29.3 Å². The number of aromatic carboxylic acids is 1. The van der Waals surface area contributed by atoms with Gasteiger partial charge >= 0.3 is 5.97 Å². The first kappa shape index (κ1) is 38.1. The number of likely N-dealkylation sites (tertiary alicyclic amines) is 1. The zero-order valence-corrected chi connectivity index (χ0v) is 30.3. The van der Waals surface area contributed by atoms with Crippen molar-refractivity contribution in [3.05, 3.63) is 53.1 Å². The minimum atomic E-state index is -0.992. The first-order valence-corrected chi connectivity index (χ1v) is 17.5. The molecule has 3 heterocycles. The molecule has 2 aromatic rings. The summed E-state index contributed by atoms with van der Waals surface area (Å²) in [5.41, 5.74) is 3.39. The van der Waals surface area contributed by atoms with E-state index in [0.29, 0.717) is 43.0 Å². The molecule has 2 aromatic carbocycles. The number of piperazine rings is 1. The highest BCUT2D eigenvalue weighted by Crippen LogP contribution is 2.45. The molecule has 0 bridgehead atoms. The third-order valence-corrected chi connectivity index (χ3v) is 10.7. The van der Waals surface area contributed by atoms with E-state index in [1.54, 1.807) is 6.07 Å². The van der Waals surface area contributed by atoms with E-state index in [1.165, 1.54) is 18.4 Å². The molecule has 1 amide bonds. The Labute approximate surface area is 298 Å². The van der Waals surface area contributed by atoms with Crippen LogP contribution in [0.5, 0.6) is 11.5 Å². The van der Waals surface area contributed by atoms with E-state index < -0.39 is 5.97 Å². The summed E-state index contributed by atoms with van der Waals surface area (Å²) in [4.78, 5) is 30.0. The lowest BCUT2D eigenvalue weighted by molar-refractivity contribution is 0.0587. The second kappa shape index (κ2) is 16.8. The predicted molar refractivity (Wildman–Crippen MR) is 195 cm³/mol. The first-order chi connectivity index (χ1) is 22.2. The summed E-state index contributed by atoms with van der Waals surface area (Å²) >= 11 is 0. The van der Waals surface area contributed by atoms with Crippen LogP contribution in [-0.4, -0.2) is 86.4 Å². The Balaban J connectivity index is 0.00000260. The number of nitrogens with zero attached hydrogens (tertiary/aromatic N) is 2. The molecule has 0 radical (unpaired) electrons. The van der Waals surface area contributed by atoms with Gasteiger partial charge in [0.2, 0.25) is 0 Å². The van der Waals surface area contributed by atoms with Crippen LogP contribution in [0.15, 0.2) is 36.4 Å². The van der Waals surface area contributed by atoms with E-state index in [-0.39, 0.29) is 48.5 Å². The normalized spacial score (nSPS) is 23.5. The number of carbonyl (C=O) groups excluding carboxylic acids is 1. The van der Waals surface area contributed by atoms with Crippen LogP contribution in [0, 0.1) is 11.3 Å². The third-order valence-electron chi connectivity index (χ3n) is 10.7. The molecule has 1 aliphatic carbocycles. The van der Waals surface area contributed by atoms with Crippen molar-refractivity contribution in [1.82, 2.24) is 15.5 Å². The molecule has 1 saturated carbocycles. The molecular weight excluding hydrogens is 651 g/mol. The number of carbonyl (C=O) groups is 2. The third kappa shape index (κ3) is 9.09. The maximum atomic E-state index is 13.8. The summed E-state index contributed by atoms with van der Waals surface area (Å²) in [5.74, 6) is 1.52. The monoisotopic (exact) mass is 704 g/mol. The lowest BCUT2D eigenvalue weighted by Crippen LogP contribution is -2.43. The Kier molecular flexibility index (Phi) is 13.3. The van der Waals surface area contributed by atoms with Crippen LogP contribution < -0.4 is 25.0 Å². The highest BCUT2D eigenvalue weighted by Gasteiger charge is 2.33. The number of carboxylic acid groups (broad SMARTS) is 1. The number of amides is 1. The van der Waals surface area contributed by atoms with E-state index in [4.69, 9.17) is 9.47 Å². The summed E-state index contributed by atoms with van der Waals surface area (Å²) in [6.45, 7) is 13.6. The number of hydrogen-bond acceptors (Lipinski definition) is 7. The fourth-order valence-corrected chi connectivity index (χ4v) is 7.73. The molecule has 0 spiro atoms. The molecular formula is C37H54Cl2N4O5. The summed E-state index contributed by atoms with van der Waals surface area (Å²) < 4.78 is 12.9. The molecule has 3 aliphatic heterocycles. The zero-order chi connectivity index (χ0) is 32.3. The first-order valence-electron chi connectivity index (χ1n) is 17.5. The van der Waals surface area contributed by atoms with Gasteiger partial charge in [0, 0.05) is 76.0 Å². The van der Waals surface area contributed by atoms with Gasteiger partial charge in [-0.05, 0) is 91.8 Å². The standard InChI is InChI=1S/C37H52N4O5.2ClH/c1-37(2,3)27-7-4-25(5-8-27)32-22-26(6-11-33(32)46-30-12-15-39-24-30)35(42)41-18-13-29(14-19-41)45-34-23-28(9-10-31(34)36(43)44)40-20-16-38-17-21-40;;/h6,9-11,22-23,25,27,29-30,38-39H,4-5,7-8,12-21,24H2,1-3H3,(H,43,44);2*1H/t25-,27-,30-;;/m0../s1. The highest BCUT2D eigenvalue weighted by atomic mass is 35.5. The number of anilines is 1. The van der Waals surface area contributed by atoms with Crippen LogP contribution in [0.4, 0.5) is 5.69 Å². The van der Waals surface area contributed by atoms with Crippen molar-refractivity contribution in [3.8, 4) is 11.5 Å². The summed E-state index contributed by atoms with van der Waals surface area (Å²) in [6, 6.07) is 11.5. The van der Waals surface area contributed by atoms with Gasteiger partial charge in [-0.15, -0.1) is 24.8 Å². The number of piperidine rings is 1. The predicted octanol–water partition coefficient (Wildman–Crippen LogP) is 6.38. The number of rotatable bonds is 8. The average Bonchev–Trinajstić information content (AvgIpc) is 3.58. The summed E-state index contributed by atoms with van der Waals surface area (Å²) in [5, 5.41) is 16.6. The lowest BCUT2D eigenvalue weighted by Gasteiger charge is -2.37. The lowest BCUT2D eigenvalue weighted by atomic mass is 9.68. The minimum Gasteiger partial charge on any atom is -0.489 e. The maximum absolute atomic E-state index is 13.8. The molecule has 1 atom stereocenters. The van der Waals surface area contributed by atoms with Gasteiger partial charge in [-0.2, -0.15) is 0 Å². The Bertz CT molecular complexity index is 1370. The van der Waals surface area contributed by atoms with Gasteiger partial charge in [-0.1, -0.05) is 20.8 Å². The number of benzene rings is 2. The van der Waals surface area contributed by atoms with Crippen LogP contribution >= 0.6 is 24.8 Å². The maximum Gasteiger partial charge on any atom is 0.339 e. The van der Waals surface area contributed by atoms with Crippen molar-refractivity contribution in [2.45, 2.75) is 83.8 Å². The van der Waals surface area contributed by atoms with Gasteiger partial charge in [-0.25, -0.2) is 4.79 Å². The fraction of sp³-hybridized carbons (Fsp3) is 0.622. The van der Waals surface area contributed by atoms with Crippen LogP contribution in [0.3, 0.4) is 0 Å². The Hall–Kier alpha value is -2.72. The van der Waals surface area contributed by atoms with Crippen molar-refractivity contribution >= 4 is 42.4 Å². The van der Waals surface area contributed by atoms with Crippen molar-refractivity contribution in [1.29, 1.82) is 0 Å². The second-order valence-corrected chi connectivity index (χ2v) is 14.7. The van der Waals surface area contributed by atoms with Crippen LogP contribution in [0.2, 0.25) is 0 Å². The fourth-order valence-electron chi connectivity index (χ4n) is 7.73. The number of carboxylic acids is 1. The summed E-state index contributed by atoms with van der Waals surface area (Å²) in [6.07, 6.45) is 6.98. The van der Waals surface area contributed by atoms with Crippen molar-refractivity contribution in [3.63, 3.8) is 0 Å². The molecule has 11 heteroatoms. The molecule has 48 heavy (non-hydrogen) atoms. The van der Waals surface area contributed by atoms with E-state index in [0.717, 1.165) is 81.4 Å². The zero-order valence-electron chi connectivity index (χ0n) is 28.7. The van der Waals surface area contributed by atoms with Gasteiger partial charge in [0.05, 0.1) is 0 Å². The SMILES string of the molecule is CC(C)(C)[C@H]1CC[C@H](c2cc(C(=O)N3CCC(Oc4cc(N5CCNCC5)ccc4C(=O)O)CC3)ccc2O[C@H]2CCNC2)CC1.Cl.Cl. The quantitative estimate of drug-likeness (QED) is 0.291. The molecule has 4 fully saturated rings. The summed E-state index contributed by atoms with van der Waals surface area (Å²) in [7, 11) is 0. The van der Waals surface area contributed by atoms with Crippen molar-refractivity contribution < 1.29 is 24.2 Å². The number of hydrogen-bond donors (Lipinski definition) is 3. The molecule has 266 valence electrons. The van der Waals surface area contributed by atoms with E-state index >= 15 is 0 Å². The number of halogens is 2. The molecule has 3 saturated heterocycles. The largest absolute Gasteiger partial charge is 0.489 e. The Morgan fingerprint density at radius 2 is 1.46 bits per heavy atom. The van der Waals surface area contributed by atoms with Crippen LogP contribution in [0.25, 0.3) is 0 Å². The van der Waals surface area contributed by atoms with Gasteiger partial charge in [-0.3, -0.25) is 4.79 Å². The Morgan fingerprint density at radius 3 is 2.08 bits per heavy atom. The van der Waals surface area contributed by atoms with E-state index in [2.05, 4.69) is 42.4 Å². The molecule has 9 nitrogen and oxygen atoms in total. The van der Waals surface area contributed by atoms with Crippen molar-refractivity contribution in [2.75, 3.05) is 57.3 Å². The smallest absolute Gasteiger partial charge is 0.339 e. The molecule has 6 rings (SSSR count). The van der Waals surface area contributed by atoms with E-state index in [9.17, 15) is 14.7 Å². The van der Waals surface area contributed by atoms with Crippen LogP contribution in [0.1, 0.15) is 97.9 Å². The minimum absolute atomic E-state index is 0. The number of ether oxygens (including phenoxy) is 2. The van der Waals surface area contributed by atoms with E-state index in [1.807, 2.05) is 29.2 Å². The molecule has 0 aromatic heterocycles.